The third-order valence-corrected chi connectivity index (χ3v) is 7.43. The van der Waals surface area contributed by atoms with Gasteiger partial charge in [0, 0.05) is 35.6 Å². The van der Waals surface area contributed by atoms with Crippen molar-refractivity contribution >= 4 is 46.4 Å². The Kier molecular flexibility index (Phi) is 6.86. The lowest BCUT2D eigenvalue weighted by Gasteiger charge is -2.28. The van der Waals surface area contributed by atoms with Crippen molar-refractivity contribution in [2.75, 3.05) is 51.9 Å². The van der Waals surface area contributed by atoms with Crippen LogP contribution in [0.4, 0.5) is 15.9 Å². The van der Waals surface area contributed by atoms with Crippen LogP contribution in [0, 0.1) is 11.2 Å². The molecule has 3 heterocycles. The maximum atomic E-state index is 13.6. The summed E-state index contributed by atoms with van der Waals surface area (Å²) in [7, 11) is 1.60. The Hall–Kier alpha value is -2.43. The second kappa shape index (κ2) is 9.79. The number of aromatic nitrogens is 2. The molecule has 0 radical (unpaired) electrons. The SMILES string of the molecule is COc1cc2ncnc(Nc3ccc(F)c(Cl)c3)c2cc1OCCN1CC2(CC2)C2(C1)OCCO2.Cl. The number of benzene rings is 2. The molecule has 0 bridgehead atoms. The van der Waals surface area contributed by atoms with E-state index in [1.165, 1.54) is 18.5 Å². The van der Waals surface area contributed by atoms with Gasteiger partial charge in [-0.05, 0) is 37.1 Å². The molecule has 2 aromatic carbocycles. The molecule has 0 amide bonds. The average molecular weight is 537 g/mol. The first kappa shape index (κ1) is 25.2. The second-order valence-electron chi connectivity index (χ2n) is 9.29. The fourth-order valence-corrected chi connectivity index (χ4v) is 5.38. The number of rotatable bonds is 7. The smallest absolute Gasteiger partial charge is 0.188 e. The molecule has 2 spiro atoms. The van der Waals surface area contributed by atoms with Crippen LogP contribution in [0.15, 0.2) is 36.7 Å². The van der Waals surface area contributed by atoms with Crippen LogP contribution in [-0.2, 0) is 9.47 Å². The molecule has 3 aliphatic rings. The van der Waals surface area contributed by atoms with Crippen molar-refractivity contribution in [3.63, 3.8) is 0 Å². The van der Waals surface area contributed by atoms with E-state index in [0.29, 0.717) is 48.3 Å². The van der Waals surface area contributed by atoms with E-state index < -0.39 is 11.6 Å². The minimum Gasteiger partial charge on any atom is -0.493 e. The Morgan fingerprint density at radius 1 is 1.11 bits per heavy atom. The van der Waals surface area contributed by atoms with E-state index in [9.17, 15) is 4.39 Å². The summed E-state index contributed by atoms with van der Waals surface area (Å²) in [5.41, 5.74) is 1.45. The van der Waals surface area contributed by atoms with Crippen LogP contribution in [-0.4, -0.2) is 67.2 Å². The molecule has 11 heteroatoms. The molecule has 36 heavy (non-hydrogen) atoms. The van der Waals surface area contributed by atoms with Gasteiger partial charge in [0.25, 0.3) is 0 Å². The zero-order chi connectivity index (χ0) is 24.0. The zero-order valence-corrected chi connectivity index (χ0v) is 21.3. The number of likely N-dealkylation sites (tertiary alicyclic amines) is 1. The van der Waals surface area contributed by atoms with Crippen LogP contribution in [0.3, 0.4) is 0 Å². The second-order valence-corrected chi connectivity index (χ2v) is 9.69. The van der Waals surface area contributed by atoms with Gasteiger partial charge in [-0.25, -0.2) is 14.4 Å². The number of hydrogen-bond donors (Lipinski definition) is 1. The van der Waals surface area contributed by atoms with Crippen molar-refractivity contribution in [2.45, 2.75) is 18.6 Å². The number of nitrogens with zero attached hydrogens (tertiary/aromatic N) is 3. The Morgan fingerprint density at radius 3 is 2.64 bits per heavy atom. The van der Waals surface area contributed by atoms with Crippen molar-refractivity contribution in [3.8, 4) is 11.5 Å². The maximum absolute atomic E-state index is 13.6. The Balaban J connectivity index is 0.00000267. The van der Waals surface area contributed by atoms with Gasteiger partial charge in [-0.1, -0.05) is 11.6 Å². The first-order chi connectivity index (χ1) is 17.0. The number of methoxy groups -OCH3 is 1. The van der Waals surface area contributed by atoms with Gasteiger partial charge in [-0.2, -0.15) is 0 Å². The summed E-state index contributed by atoms with van der Waals surface area (Å²) in [5, 5.41) is 3.97. The Morgan fingerprint density at radius 2 is 1.92 bits per heavy atom. The molecular weight excluding hydrogens is 510 g/mol. The molecular formula is C25H27Cl2FN4O4. The summed E-state index contributed by atoms with van der Waals surface area (Å²) in [6.07, 6.45) is 3.76. The number of anilines is 2. The number of ether oxygens (including phenoxy) is 4. The fraction of sp³-hybridized carbons (Fsp3) is 0.440. The summed E-state index contributed by atoms with van der Waals surface area (Å²) < 4.78 is 37.4. The van der Waals surface area contributed by atoms with E-state index in [0.717, 1.165) is 37.9 Å². The highest BCUT2D eigenvalue weighted by Gasteiger charge is 2.67. The highest BCUT2D eigenvalue weighted by atomic mass is 35.5. The van der Waals surface area contributed by atoms with Gasteiger partial charge in [-0.3, -0.25) is 4.90 Å². The maximum Gasteiger partial charge on any atom is 0.188 e. The third-order valence-electron chi connectivity index (χ3n) is 7.14. The summed E-state index contributed by atoms with van der Waals surface area (Å²) in [4.78, 5) is 11.1. The molecule has 3 fully saturated rings. The van der Waals surface area contributed by atoms with Gasteiger partial charge in [0.1, 0.15) is 24.6 Å². The third kappa shape index (κ3) is 4.43. The van der Waals surface area contributed by atoms with E-state index in [1.54, 1.807) is 13.2 Å². The predicted octanol–water partition coefficient (Wildman–Crippen LogP) is 4.81. The molecule has 2 saturated heterocycles. The molecule has 6 rings (SSSR count). The van der Waals surface area contributed by atoms with Crippen molar-refractivity contribution in [1.29, 1.82) is 0 Å². The van der Waals surface area contributed by atoms with Gasteiger partial charge in [0.15, 0.2) is 17.3 Å². The van der Waals surface area contributed by atoms with Gasteiger partial charge in [-0.15, -0.1) is 12.4 Å². The molecule has 1 N–H and O–H groups in total. The summed E-state index contributed by atoms with van der Waals surface area (Å²) >= 11 is 5.93. The van der Waals surface area contributed by atoms with E-state index >= 15 is 0 Å². The monoisotopic (exact) mass is 536 g/mol. The summed E-state index contributed by atoms with van der Waals surface area (Å²) in [6.45, 7) is 4.31. The Bertz CT molecular complexity index is 1270. The lowest BCUT2D eigenvalue weighted by atomic mass is 10.00. The Labute approximate surface area is 219 Å². The molecule has 0 atom stereocenters. The van der Waals surface area contributed by atoms with Crippen LogP contribution in [0.1, 0.15) is 12.8 Å². The molecule has 1 aromatic heterocycles. The van der Waals surface area contributed by atoms with Crippen molar-refractivity contribution in [1.82, 2.24) is 14.9 Å². The van der Waals surface area contributed by atoms with Crippen LogP contribution in [0.5, 0.6) is 11.5 Å². The van der Waals surface area contributed by atoms with E-state index in [4.69, 9.17) is 30.5 Å². The lowest BCUT2D eigenvalue weighted by Crippen LogP contribution is -2.41. The zero-order valence-electron chi connectivity index (χ0n) is 19.8. The molecule has 1 saturated carbocycles. The number of fused-ring (bicyclic) bond motifs is 2. The number of hydrogen-bond acceptors (Lipinski definition) is 8. The van der Waals surface area contributed by atoms with Crippen molar-refractivity contribution in [2.24, 2.45) is 5.41 Å². The van der Waals surface area contributed by atoms with Gasteiger partial charge in [0.2, 0.25) is 0 Å². The fourth-order valence-electron chi connectivity index (χ4n) is 5.20. The topological polar surface area (TPSA) is 78.0 Å². The largest absolute Gasteiger partial charge is 0.493 e. The van der Waals surface area contributed by atoms with E-state index in [1.807, 2.05) is 12.1 Å². The standard InChI is InChI=1S/C25H26ClFN4O4.ClH/c1-32-21-12-20-17(23(29-15-28-20)30-16-2-3-19(27)18(26)10-16)11-22(21)33-7-6-31-13-24(4-5-24)25(14-31)34-8-9-35-25;/h2-3,10-12,15H,4-9,13-14H2,1H3,(H,28,29,30);1H. The van der Waals surface area contributed by atoms with Crippen LogP contribution < -0.4 is 14.8 Å². The molecule has 2 aliphatic heterocycles. The first-order valence-electron chi connectivity index (χ1n) is 11.7. The number of nitrogens with one attached hydrogen (secondary N) is 1. The van der Waals surface area contributed by atoms with Crippen LogP contribution >= 0.6 is 24.0 Å². The summed E-state index contributed by atoms with van der Waals surface area (Å²) in [6, 6.07) is 8.10. The highest BCUT2D eigenvalue weighted by Crippen LogP contribution is 2.61. The van der Waals surface area contributed by atoms with Gasteiger partial charge >= 0.3 is 0 Å². The molecule has 1 aliphatic carbocycles. The van der Waals surface area contributed by atoms with E-state index in [-0.39, 0.29) is 22.8 Å². The minimum atomic E-state index is -0.479. The lowest BCUT2D eigenvalue weighted by molar-refractivity contribution is -0.182. The number of halogens is 3. The van der Waals surface area contributed by atoms with Crippen LogP contribution in [0.25, 0.3) is 10.9 Å². The molecule has 0 unspecified atom stereocenters. The minimum absolute atomic E-state index is 0. The van der Waals surface area contributed by atoms with Gasteiger partial charge in [0.05, 0.1) is 37.4 Å². The van der Waals surface area contributed by atoms with Crippen molar-refractivity contribution in [3.05, 3.63) is 47.5 Å². The van der Waals surface area contributed by atoms with Crippen molar-refractivity contribution < 1.29 is 23.3 Å². The predicted molar refractivity (Wildman–Crippen MR) is 136 cm³/mol. The summed E-state index contributed by atoms with van der Waals surface area (Å²) in [5.74, 6) is 0.824. The molecule has 8 nitrogen and oxygen atoms in total. The van der Waals surface area contributed by atoms with E-state index in [2.05, 4.69) is 20.2 Å². The normalized spacial score (nSPS) is 19.5. The van der Waals surface area contributed by atoms with Crippen LogP contribution in [0.2, 0.25) is 5.02 Å². The molecule has 3 aromatic rings. The highest BCUT2D eigenvalue weighted by molar-refractivity contribution is 6.31. The van der Waals surface area contributed by atoms with Gasteiger partial charge < -0.3 is 24.3 Å². The quantitative estimate of drug-likeness (QED) is 0.460. The average Bonchev–Trinajstić information content (AvgIpc) is 3.37. The molecule has 192 valence electrons. The first-order valence-corrected chi connectivity index (χ1v) is 12.1.